The molecule has 0 spiro atoms. The third kappa shape index (κ3) is 4.11. The highest BCUT2D eigenvalue weighted by Gasteiger charge is 2.59. The number of fused-ring (bicyclic) bond motifs is 1. The standard InChI is InChI=1S/C20H31N3O2.HI/c1-6-21-19(22-12-14-8-7-13(2)11-16(14)24-5)23-17-15-9-10-25-18(15)20(17,3)4;/h7-8,11,15,17-18H,6,9-10,12H2,1-5H3,(H2,21,22,23);1H. The first kappa shape index (κ1) is 21.3. The highest BCUT2D eigenvalue weighted by Crippen LogP contribution is 2.52. The van der Waals surface area contributed by atoms with Crippen molar-refractivity contribution in [2.24, 2.45) is 16.3 Å². The maximum atomic E-state index is 5.89. The molecule has 2 aliphatic rings. The number of aryl methyl sites for hydroxylation is 1. The number of rotatable bonds is 5. The van der Waals surface area contributed by atoms with Crippen molar-refractivity contribution in [3.8, 4) is 5.75 Å². The SMILES string of the molecule is CCNC(=NCc1ccc(C)cc1OC)NC1C2CCOC2C1(C)C.I. The quantitative estimate of drug-likeness (QED) is 0.391. The van der Waals surface area contributed by atoms with Gasteiger partial charge in [0.1, 0.15) is 5.75 Å². The second kappa shape index (κ2) is 8.78. The van der Waals surface area contributed by atoms with Gasteiger partial charge < -0.3 is 20.1 Å². The molecule has 1 aliphatic heterocycles. The number of halogens is 1. The largest absolute Gasteiger partial charge is 0.496 e. The lowest BCUT2D eigenvalue weighted by Gasteiger charge is -2.54. The Labute approximate surface area is 174 Å². The van der Waals surface area contributed by atoms with Crippen molar-refractivity contribution in [3.63, 3.8) is 0 Å². The second-order valence-electron chi connectivity index (χ2n) is 7.70. The zero-order valence-corrected chi connectivity index (χ0v) is 18.8. The third-order valence-corrected chi connectivity index (χ3v) is 5.59. The maximum absolute atomic E-state index is 5.89. The van der Waals surface area contributed by atoms with E-state index in [9.17, 15) is 0 Å². The van der Waals surface area contributed by atoms with Gasteiger partial charge in [-0.25, -0.2) is 4.99 Å². The van der Waals surface area contributed by atoms with Crippen LogP contribution in [-0.2, 0) is 11.3 Å². The summed E-state index contributed by atoms with van der Waals surface area (Å²) in [5, 5.41) is 7.03. The normalized spacial score (nSPS) is 26.3. The molecule has 6 heteroatoms. The number of ether oxygens (including phenoxy) is 2. The van der Waals surface area contributed by atoms with Crippen LogP contribution in [0, 0.1) is 18.3 Å². The van der Waals surface area contributed by atoms with Crippen molar-refractivity contribution in [2.75, 3.05) is 20.3 Å². The van der Waals surface area contributed by atoms with Crippen LogP contribution in [-0.4, -0.2) is 38.4 Å². The molecule has 1 aromatic carbocycles. The predicted octanol–water partition coefficient (Wildman–Crippen LogP) is 3.49. The number of hydrogen-bond acceptors (Lipinski definition) is 3. The van der Waals surface area contributed by atoms with E-state index in [1.807, 2.05) is 0 Å². The third-order valence-electron chi connectivity index (χ3n) is 5.59. The Morgan fingerprint density at radius 2 is 2.15 bits per heavy atom. The van der Waals surface area contributed by atoms with Gasteiger partial charge in [-0.15, -0.1) is 24.0 Å². The molecule has 3 atom stereocenters. The molecule has 3 unspecified atom stereocenters. The van der Waals surface area contributed by atoms with Crippen LogP contribution in [0.15, 0.2) is 23.2 Å². The summed E-state index contributed by atoms with van der Waals surface area (Å²) in [5.74, 6) is 2.36. The van der Waals surface area contributed by atoms with Crippen LogP contribution < -0.4 is 15.4 Å². The second-order valence-corrected chi connectivity index (χ2v) is 7.70. The lowest BCUT2D eigenvalue weighted by Crippen LogP contribution is -2.67. The van der Waals surface area contributed by atoms with Crippen LogP contribution in [0.25, 0.3) is 0 Å². The van der Waals surface area contributed by atoms with E-state index in [0.29, 0.717) is 24.6 Å². The molecule has 26 heavy (non-hydrogen) atoms. The molecule has 5 nitrogen and oxygen atoms in total. The summed E-state index contributed by atoms with van der Waals surface area (Å²) in [5.41, 5.74) is 2.43. The summed E-state index contributed by atoms with van der Waals surface area (Å²) in [4.78, 5) is 4.80. The minimum absolute atomic E-state index is 0. The van der Waals surface area contributed by atoms with Crippen LogP contribution >= 0.6 is 24.0 Å². The van der Waals surface area contributed by atoms with Crippen LogP contribution in [0.2, 0.25) is 0 Å². The average Bonchev–Trinajstić information content (AvgIpc) is 3.05. The van der Waals surface area contributed by atoms with Crippen LogP contribution in [0.4, 0.5) is 0 Å². The fourth-order valence-electron chi connectivity index (χ4n) is 4.23. The Kier molecular flexibility index (Phi) is 7.19. The highest BCUT2D eigenvalue weighted by molar-refractivity contribution is 14.0. The van der Waals surface area contributed by atoms with E-state index < -0.39 is 0 Å². The molecule has 1 heterocycles. The van der Waals surface area contributed by atoms with E-state index in [0.717, 1.165) is 36.8 Å². The fraction of sp³-hybridized carbons (Fsp3) is 0.650. The smallest absolute Gasteiger partial charge is 0.191 e. The molecule has 0 bridgehead atoms. The van der Waals surface area contributed by atoms with E-state index in [1.54, 1.807) is 7.11 Å². The van der Waals surface area contributed by atoms with Crippen molar-refractivity contribution in [2.45, 2.75) is 52.8 Å². The number of guanidine groups is 1. The zero-order valence-electron chi connectivity index (χ0n) is 16.5. The predicted molar refractivity (Wildman–Crippen MR) is 117 cm³/mol. The van der Waals surface area contributed by atoms with E-state index >= 15 is 0 Å². The summed E-state index contributed by atoms with van der Waals surface area (Å²) in [7, 11) is 1.71. The van der Waals surface area contributed by atoms with Crippen LogP contribution in [0.3, 0.4) is 0 Å². The Hall–Kier alpha value is -1.02. The Morgan fingerprint density at radius 3 is 2.85 bits per heavy atom. The summed E-state index contributed by atoms with van der Waals surface area (Å²) >= 11 is 0. The molecule has 0 aromatic heterocycles. The van der Waals surface area contributed by atoms with Gasteiger partial charge in [-0.05, 0) is 31.9 Å². The topological polar surface area (TPSA) is 54.9 Å². The van der Waals surface area contributed by atoms with E-state index in [2.05, 4.69) is 56.5 Å². The molecule has 1 aromatic rings. The zero-order chi connectivity index (χ0) is 18.0. The lowest BCUT2D eigenvalue weighted by molar-refractivity contribution is -0.106. The van der Waals surface area contributed by atoms with Gasteiger partial charge in [0, 0.05) is 36.1 Å². The number of hydrogen-bond donors (Lipinski definition) is 2. The van der Waals surface area contributed by atoms with Crippen molar-refractivity contribution >= 4 is 29.9 Å². The van der Waals surface area contributed by atoms with Gasteiger partial charge in [0.05, 0.1) is 19.8 Å². The summed E-state index contributed by atoms with van der Waals surface area (Å²) in [6, 6.07) is 6.65. The minimum Gasteiger partial charge on any atom is -0.496 e. The van der Waals surface area contributed by atoms with Crippen molar-refractivity contribution < 1.29 is 9.47 Å². The molecule has 3 rings (SSSR count). The Morgan fingerprint density at radius 1 is 1.38 bits per heavy atom. The van der Waals surface area contributed by atoms with Gasteiger partial charge in [0.15, 0.2) is 5.96 Å². The van der Waals surface area contributed by atoms with E-state index in [-0.39, 0.29) is 29.4 Å². The fourth-order valence-corrected chi connectivity index (χ4v) is 4.23. The molecule has 0 radical (unpaired) electrons. The minimum atomic E-state index is 0. The average molecular weight is 473 g/mol. The summed E-state index contributed by atoms with van der Waals surface area (Å²) in [6.45, 7) is 11.0. The molecule has 1 aliphatic carbocycles. The first-order valence-corrected chi connectivity index (χ1v) is 9.27. The van der Waals surface area contributed by atoms with E-state index in [4.69, 9.17) is 14.5 Å². The maximum Gasteiger partial charge on any atom is 0.191 e. The molecular weight excluding hydrogens is 441 g/mol. The lowest BCUT2D eigenvalue weighted by atomic mass is 9.57. The molecule has 0 amide bonds. The number of benzene rings is 1. The van der Waals surface area contributed by atoms with E-state index in [1.165, 1.54) is 5.56 Å². The molecule has 1 saturated carbocycles. The highest BCUT2D eigenvalue weighted by atomic mass is 127. The first-order chi connectivity index (χ1) is 12.0. The van der Waals surface area contributed by atoms with Crippen molar-refractivity contribution in [1.29, 1.82) is 0 Å². The van der Waals surface area contributed by atoms with Gasteiger partial charge >= 0.3 is 0 Å². The van der Waals surface area contributed by atoms with Crippen molar-refractivity contribution in [3.05, 3.63) is 29.3 Å². The molecule has 146 valence electrons. The molecular formula is C20H32IN3O2. The number of methoxy groups -OCH3 is 1. The molecule has 1 saturated heterocycles. The summed E-state index contributed by atoms with van der Waals surface area (Å²) < 4.78 is 11.4. The Bertz CT molecular complexity index is 648. The monoisotopic (exact) mass is 473 g/mol. The number of nitrogens with one attached hydrogen (secondary N) is 2. The van der Waals surface area contributed by atoms with Gasteiger partial charge in [-0.2, -0.15) is 0 Å². The number of aliphatic imine (C=N–C) groups is 1. The van der Waals surface area contributed by atoms with Gasteiger partial charge in [-0.3, -0.25) is 0 Å². The van der Waals surface area contributed by atoms with Crippen molar-refractivity contribution in [1.82, 2.24) is 10.6 Å². The summed E-state index contributed by atoms with van der Waals surface area (Å²) in [6.07, 6.45) is 1.52. The van der Waals surface area contributed by atoms with Gasteiger partial charge in [0.25, 0.3) is 0 Å². The van der Waals surface area contributed by atoms with Gasteiger partial charge in [0.2, 0.25) is 0 Å². The van der Waals surface area contributed by atoms with Gasteiger partial charge in [-0.1, -0.05) is 26.0 Å². The molecule has 2 fully saturated rings. The first-order valence-electron chi connectivity index (χ1n) is 9.27. The van der Waals surface area contributed by atoms with Crippen LogP contribution in [0.1, 0.15) is 38.3 Å². The Balaban J connectivity index is 0.00000243. The number of nitrogens with zero attached hydrogens (tertiary/aromatic N) is 1. The van der Waals surface area contributed by atoms with Crippen LogP contribution in [0.5, 0.6) is 5.75 Å². The molecule has 2 N–H and O–H groups in total.